The minimum absolute atomic E-state index is 0.243. The Morgan fingerprint density at radius 3 is 3.00 bits per heavy atom. The van der Waals surface area contributed by atoms with Crippen molar-refractivity contribution in [3.05, 3.63) is 28.2 Å². The summed E-state index contributed by atoms with van der Waals surface area (Å²) in [5, 5.41) is 0.407. The summed E-state index contributed by atoms with van der Waals surface area (Å²) in [4.78, 5) is 10.7. The van der Waals surface area contributed by atoms with Crippen molar-refractivity contribution in [3.8, 4) is 0 Å². The largest absolute Gasteiger partial charge is 0.377 e. The summed E-state index contributed by atoms with van der Waals surface area (Å²) in [6, 6.07) is 2.25. The second-order valence-electron chi connectivity index (χ2n) is 5.97. The van der Waals surface area contributed by atoms with Crippen LogP contribution in [-0.4, -0.2) is 35.2 Å². The Morgan fingerprint density at radius 2 is 2.32 bits per heavy atom. The molecule has 2 aromatic heterocycles. The Balaban J connectivity index is 2.20. The number of rotatable bonds is 2. The summed E-state index contributed by atoms with van der Waals surface area (Å²) in [6.45, 7) is 15.6. The van der Waals surface area contributed by atoms with Crippen molar-refractivity contribution in [3.63, 3.8) is 0 Å². The summed E-state index contributed by atoms with van der Waals surface area (Å²) in [7, 11) is 0. The number of pyridine rings is 1. The Kier molecular flexibility index (Phi) is 3.98. The van der Waals surface area contributed by atoms with E-state index in [2.05, 4.69) is 21.0 Å². The molecule has 2 aromatic rings. The fraction of sp³-hybridized carbons (Fsp3) is 0.533. The first-order chi connectivity index (χ1) is 10.4. The second-order valence-corrected chi connectivity index (χ2v) is 7.10. The molecule has 0 radical (unpaired) electrons. The standard InChI is InChI=1S/C15H17ClN4OS/c1-9-8-21-6-5-20(9)11-7-10(15(2,3)17-4)13-12(18-11)14(16)19-22-13/h7,9H,5-6,8H2,1-3H3/t9-/m1/s1. The lowest BCUT2D eigenvalue weighted by Gasteiger charge is -2.34. The van der Waals surface area contributed by atoms with Gasteiger partial charge in [0.25, 0.3) is 5.54 Å². The Hall–Kier alpha value is -1.42. The molecule has 1 aliphatic heterocycles. The van der Waals surface area contributed by atoms with E-state index in [-0.39, 0.29) is 6.04 Å². The van der Waals surface area contributed by atoms with E-state index in [4.69, 9.17) is 27.9 Å². The molecule has 1 aliphatic rings. The zero-order chi connectivity index (χ0) is 15.9. The number of hydrogen-bond donors (Lipinski definition) is 0. The molecule has 7 heteroatoms. The van der Waals surface area contributed by atoms with Gasteiger partial charge in [-0.25, -0.2) is 11.6 Å². The Labute approximate surface area is 138 Å². The first-order valence-corrected chi connectivity index (χ1v) is 8.28. The van der Waals surface area contributed by atoms with Gasteiger partial charge in [-0.15, -0.1) is 0 Å². The molecule has 0 saturated carbocycles. The molecular formula is C15H17ClN4OS. The van der Waals surface area contributed by atoms with Crippen molar-refractivity contribution in [1.29, 1.82) is 0 Å². The maximum absolute atomic E-state index is 7.50. The third-order valence-corrected chi connectivity index (χ3v) is 5.21. The van der Waals surface area contributed by atoms with Gasteiger partial charge in [-0.1, -0.05) is 11.6 Å². The Bertz CT molecular complexity index is 752. The highest BCUT2D eigenvalue weighted by molar-refractivity contribution is 7.14. The van der Waals surface area contributed by atoms with E-state index in [0.717, 1.165) is 22.6 Å². The average molecular weight is 337 g/mol. The van der Waals surface area contributed by atoms with Crippen molar-refractivity contribution in [2.24, 2.45) is 0 Å². The fourth-order valence-electron chi connectivity index (χ4n) is 2.61. The van der Waals surface area contributed by atoms with Gasteiger partial charge in [-0.3, -0.25) is 0 Å². The average Bonchev–Trinajstić information content (AvgIpc) is 2.88. The van der Waals surface area contributed by atoms with Gasteiger partial charge in [-0.05, 0) is 24.5 Å². The lowest BCUT2D eigenvalue weighted by Crippen LogP contribution is -2.44. The van der Waals surface area contributed by atoms with Gasteiger partial charge >= 0.3 is 0 Å². The van der Waals surface area contributed by atoms with E-state index < -0.39 is 5.54 Å². The highest BCUT2D eigenvalue weighted by Gasteiger charge is 2.32. The maximum Gasteiger partial charge on any atom is 0.253 e. The van der Waals surface area contributed by atoms with Gasteiger partial charge in [0.15, 0.2) is 5.15 Å². The number of anilines is 1. The first-order valence-electron chi connectivity index (χ1n) is 7.13. The highest BCUT2D eigenvalue weighted by Crippen LogP contribution is 2.38. The van der Waals surface area contributed by atoms with E-state index in [1.165, 1.54) is 11.5 Å². The van der Waals surface area contributed by atoms with Gasteiger partial charge in [-0.2, -0.15) is 4.37 Å². The van der Waals surface area contributed by atoms with Crippen LogP contribution in [0.3, 0.4) is 0 Å². The number of nitrogens with zero attached hydrogens (tertiary/aromatic N) is 4. The molecule has 1 fully saturated rings. The van der Waals surface area contributed by atoms with Crippen molar-refractivity contribution in [2.45, 2.75) is 32.4 Å². The number of fused-ring (bicyclic) bond motifs is 1. The smallest absolute Gasteiger partial charge is 0.253 e. The van der Waals surface area contributed by atoms with Gasteiger partial charge in [0.05, 0.1) is 29.5 Å². The molecule has 0 amide bonds. The molecule has 1 atom stereocenters. The van der Waals surface area contributed by atoms with Gasteiger partial charge in [0.2, 0.25) is 0 Å². The number of aromatic nitrogens is 2. The van der Waals surface area contributed by atoms with Crippen LogP contribution in [0.2, 0.25) is 5.15 Å². The lowest BCUT2D eigenvalue weighted by molar-refractivity contribution is 0.0985. The molecule has 3 heterocycles. The number of halogens is 1. The third-order valence-electron chi connectivity index (χ3n) is 3.97. The molecule has 0 unspecified atom stereocenters. The fourth-order valence-corrected chi connectivity index (χ4v) is 3.80. The van der Waals surface area contributed by atoms with Crippen LogP contribution in [-0.2, 0) is 10.3 Å². The van der Waals surface area contributed by atoms with Gasteiger partial charge < -0.3 is 14.5 Å². The molecule has 0 aliphatic carbocycles. The van der Waals surface area contributed by atoms with Crippen LogP contribution >= 0.6 is 23.1 Å². The van der Waals surface area contributed by atoms with Crippen LogP contribution in [0.25, 0.3) is 15.1 Å². The summed E-state index contributed by atoms with van der Waals surface area (Å²) in [5.74, 6) is 0.845. The second kappa shape index (κ2) is 5.65. The predicted octanol–water partition coefficient (Wildman–Crippen LogP) is 3.72. The van der Waals surface area contributed by atoms with E-state index in [0.29, 0.717) is 23.9 Å². The highest BCUT2D eigenvalue weighted by atomic mass is 35.5. The van der Waals surface area contributed by atoms with Crippen LogP contribution in [0.15, 0.2) is 6.07 Å². The van der Waals surface area contributed by atoms with Crippen LogP contribution in [0, 0.1) is 6.57 Å². The van der Waals surface area contributed by atoms with E-state index in [9.17, 15) is 0 Å². The monoisotopic (exact) mass is 336 g/mol. The zero-order valence-corrected chi connectivity index (χ0v) is 14.3. The molecular weight excluding hydrogens is 320 g/mol. The minimum Gasteiger partial charge on any atom is -0.377 e. The molecule has 116 valence electrons. The molecule has 0 aromatic carbocycles. The van der Waals surface area contributed by atoms with Crippen molar-refractivity contribution in [1.82, 2.24) is 9.36 Å². The van der Waals surface area contributed by atoms with Crippen molar-refractivity contribution in [2.75, 3.05) is 24.7 Å². The van der Waals surface area contributed by atoms with E-state index in [1.807, 2.05) is 19.9 Å². The molecule has 1 saturated heterocycles. The van der Waals surface area contributed by atoms with Gasteiger partial charge in [0, 0.05) is 20.4 Å². The topological polar surface area (TPSA) is 42.6 Å². The zero-order valence-electron chi connectivity index (χ0n) is 12.8. The van der Waals surface area contributed by atoms with Crippen LogP contribution < -0.4 is 4.90 Å². The molecule has 0 N–H and O–H groups in total. The molecule has 3 rings (SSSR count). The number of ether oxygens (including phenoxy) is 1. The van der Waals surface area contributed by atoms with Crippen LogP contribution in [0.4, 0.5) is 5.82 Å². The molecule has 0 spiro atoms. The molecule has 0 bridgehead atoms. The summed E-state index contributed by atoms with van der Waals surface area (Å²) in [5.41, 5.74) is 0.988. The van der Waals surface area contributed by atoms with Crippen molar-refractivity contribution >= 4 is 39.2 Å². The number of morpholine rings is 1. The van der Waals surface area contributed by atoms with Crippen molar-refractivity contribution < 1.29 is 4.74 Å². The third kappa shape index (κ3) is 2.54. The lowest BCUT2D eigenvalue weighted by atomic mass is 9.95. The quantitative estimate of drug-likeness (QED) is 0.784. The summed E-state index contributed by atoms with van der Waals surface area (Å²) in [6.07, 6.45) is 0. The maximum atomic E-state index is 7.50. The SMILES string of the molecule is [C-]#[N+]C(C)(C)c1cc(N2CCOC[C@H]2C)nc2c(Cl)nsc12. The van der Waals surface area contributed by atoms with Gasteiger partial charge in [0.1, 0.15) is 11.3 Å². The Morgan fingerprint density at radius 1 is 1.55 bits per heavy atom. The summed E-state index contributed by atoms with van der Waals surface area (Å²) >= 11 is 7.51. The van der Waals surface area contributed by atoms with Crippen LogP contribution in [0.5, 0.6) is 0 Å². The normalized spacial score (nSPS) is 19.4. The molecule has 22 heavy (non-hydrogen) atoms. The predicted molar refractivity (Wildman–Crippen MR) is 89.7 cm³/mol. The molecule has 5 nitrogen and oxygen atoms in total. The van der Waals surface area contributed by atoms with Crippen LogP contribution in [0.1, 0.15) is 26.3 Å². The minimum atomic E-state index is -0.638. The first kappa shape index (κ1) is 15.5. The number of hydrogen-bond acceptors (Lipinski definition) is 5. The summed E-state index contributed by atoms with van der Waals surface area (Å²) < 4.78 is 10.6. The van der Waals surface area contributed by atoms with E-state index in [1.54, 1.807) is 0 Å². The van der Waals surface area contributed by atoms with E-state index >= 15 is 0 Å².